The first kappa shape index (κ1) is 15.7. The smallest absolute Gasteiger partial charge is 0.0661 e. The zero-order valence-electron chi connectivity index (χ0n) is 12.9. The van der Waals surface area contributed by atoms with Crippen LogP contribution in [0.4, 0.5) is 0 Å². The minimum Gasteiger partial charge on any atom is -0.378 e. The maximum absolute atomic E-state index is 6.02. The third kappa shape index (κ3) is 3.48. The molecule has 2 saturated carbocycles. The van der Waals surface area contributed by atoms with Gasteiger partial charge in [0.25, 0.3) is 0 Å². The molecule has 0 bridgehead atoms. The van der Waals surface area contributed by atoms with Crippen molar-refractivity contribution in [3.05, 3.63) is 0 Å². The molecule has 112 valence electrons. The molecule has 2 aliphatic carbocycles. The number of nitrogens with one attached hydrogen (secondary N) is 1. The van der Waals surface area contributed by atoms with Crippen molar-refractivity contribution in [2.24, 2.45) is 5.41 Å². The summed E-state index contributed by atoms with van der Waals surface area (Å²) in [6, 6.07) is 1.36. The van der Waals surface area contributed by atoms with Crippen LogP contribution < -0.4 is 5.32 Å². The lowest BCUT2D eigenvalue weighted by Gasteiger charge is -2.58. The van der Waals surface area contributed by atoms with Gasteiger partial charge >= 0.3 is 0 Å². The second-order valence-corrected chi connectivity index (χ2v) is 7.36. The highest BCUT2D eigenvalue weighted by Gasteiger charge is 2.55. The van der Waals surface area contributed by atoms with E-state index in [9.17, 15) is 0 Å². The molecule has 0 amide bonds. The molecule has 19 heavy (non-hydrogen) atoms. The van der Waals surface area contributed by atoms with Gasteiger partial charge in [0.05, 0.1) is 6.10 Å². The lowest BCUT2D eigenvalue weighted by molar-refractivity contribution is -0.151. The molecule has 2 fully saturated rings. The summed E-state index contributed by atoms with van der Waals surface area (Å²) in [5.41, 5.74) is 0.474. The second-order valence-electron chi connectivity index (χ2n) is 6.38. The average molecular weight is 285 g/mol. The molecule has 0 radical (unpaired) electrons. The highest BCUT2D eigenvalue weighted by molar-refractivity contribution is 7.98. The molecule has 2 aliphatic rings. The Hall–Kier alpha value is 0.270. The van der Waals surface area contributed by atoms with Crippen molar-refractivity contribution in [2.45, 2.75) is 77.0 Å². The van der Waals surface area contributed by atoms with E-state index in [0.29, 0.717) is 23.6 Å². The van der Waals surface area contributed by atoms with E-state index in [2.05, 4.69) is 25.4 Å². The minimum atomic E-state index is 0.474. The molecular weight excluding hydrogens is 254 g/mol. The zero-order valence-corrected chi connectivity index (χ0v) is 13.7. The SMILES string of the molecule is CCOC1CC(NC(C)CCSC)C12CCCCC2. The highest BCUT2D eigenvalue weighted by Crippen LogP contribution is 2.53. The van der Waals surface area contributed by atoms with Crippen LogP contribution in [0.25, 0.3) is 0 Å². The maximum atomic E-state index is 6.02. The Bertz CT molecular complexity index is 265. The molecule has 0 heterocycles. The third-order valence-electron chi connectivity index (χ3n) is 5.18. The number of rotatable bonds is 7. The molecule has 0 saturated heterocycles. The van der Waals surface area contributed by atoms with Gasteiger partial charge in [-0.2, -0.15) is 11.8 Å². The van der Waals surface area contributed by atoms with Crippen molar-refractivity contribution >= 4 is 11.8 Å². The standard InChI is InChI=1S/C16H31NOS/c1-4-18-15-12-14(17-13(2)8-11-19-3)16(15)9-6-5-7-10-16/h13-15,17H,4-12H2,1-3H3. The van der Waals surface area contributed by atoms with Gasteiger partial charge in [-0.3, -0.25) is 0 Å². The summed E-state index contributed by atoms with van der Waals surface area (Å²) in [4.78, 5) is 0. The van der Waals surface area contributed by atoms with Crippen LogP contribution in [0.15, 0.2) is 0 Å². The summed E-state index contributed by atoms with van der Waals surface area (Å²) in [5.74, 6) is 1.27. The molecule has 0 aromatic rings. The summed E-state index contributed by atoms with van der Waals surface area (Å²) in [5, 5.41) is 3.91. The van der Waals surface area contributed by atoms with Gasteiger partial charge in [-0.15, -0.1) is 0 Å². The van der Waals surface area contributed by atoms with E-state index in [-0.39, 0.29) is 0 Å². The van der Waals surface area contributed by atoms with E-state index in [0.717, 1.165) is 6.61 Å². The second kappa shape index (κ2) is 7.33. The fourth-order valence-corrected chi connectivity index (χ4v) is 4.61. The summed E-state index contributed by atoms with van der Waals surface area (Å²) in [7, 11) is 0. The Balaban J connectivity index is 1.89. The predicted octanol–water partition coefficient (Wildman–Crippen LogP) is 3.85. The molecule has 2 nitrogen and oxygen atoms in total. The lowest BCUT2D eigenvalue weighted by atomic mass is 9.55. The van der Waals surface area contributed by atoms with Gasteiger partial charge < -0.3 is 10.1 Å². The molecule has 2 rings (SSSR count). The number of hydrogen-bond donors (Lipinski definition) is 1. The Morgan fingerprint density at radius 3 is 2.68 bits per heavy atom. The molecule has 0 aromatic heterocycles. The first-order chi connectivity index (χ1) is 9.23. The molecule has 1 N–H and O–H groups in total. The van der Waals surface area contributed by atoms with Crippen molar-refractivity contribution < 1.29 is 4.74 Å². The number of hydrogen-bond acceptors (Lipinski definition) is 3. The van der Waals surface area contributed by atoms with Crippen LogP contribution in [0.3, 0.4) is 0 Å². The monoisotopic (exact) mass is 285 g/mol. The van der Waals surface area contributed by atoms with E-state index < -0.39 is 0 Å². The Labute approximate surface area is 123 Å². The maximum Gasteiger partial charge on any atom is 0.0661 e. The van der Waals surface area contributed by atoms with Gasteiger partial charge in [0, 0.05) is 24.1 Å². The van der Waals surface area contributed by atoms with Crippen LogP contribution in [0.2, 0.25) is 0 Å². The first-order valence-electron chi connectivity index (χ1n) is 8.09. The molecule has 3 atom stereocenters. The van der Waals surface area contributed by atoms with Crippen molar-refractivity contribution in [1.29, 1.82) is 0 Å². The van der Waals surface area contributed by atoms with Crippen LogP contribution in [0, 0.1) is 5.41 Å². The molecule has 1 spiro atoms. The summed E-state index contributed by atoms with van der Waals surface area (Å²) in [6.07, 6.45) is 12.2. The minimum absolute atomic E-state index is 0.474. The van der Waals surface area contributed by atoms with Gasteiger partial charge in [-0.05, 0) is 51.5 Å². The summed E-state index contributed by atoms with van der Waals surface area (Å²) >= 11 is 1.95. The van der Waals surface area contributed by atoms with Gasteiger partial charge in [-0.25, -0.2) is 0 Å². The Kier molecular flexibility index (Phi) is 6.04. The zero-order chi connectivity index (χ0) is 13.7. The van der Waals surface area contributed by atoms with Crippen molar-refractivity contribution in [2.75, 3.05) is 18.6 Å². The van der Waals surface area contributed by atoms with Gasteiger partial charge in [-0.1, -0.05) is 19.3 Å². The Morgan fingerprint density at radius 2 is 2.05 bits per heavy atom. The van der Waals surface area contributed by atoms with E-state index in [1.807, 2.05) is 11.8 Å². The van der Waals surface area contributed by atoms with E-state index in [4.69, 9.17) is 4.74 Å². The molecule has 3 unspecified atom stereocenters. The topological polar surface area (TPSA) is 21.3 Å². The van der Waals surface area contributed by atoms with Crippen LogP contribution >= 0.6 is 11.8 Å². The van der Waals surface area contributed by atoms with Crippen LogP contribution in [0.5, 0.6) is 0 Å². The van der Waals surface area contributed by atoms with Crippen LogP contribution in [0.1, 0.15) is 58.8 Å². The van der Waals surface area contributed by atoms with Crippen molar-refractivity contribution in [1.82, 2.24) is 5.32 Å². The lowest BCUT2D eigenvalue weighted by Crippen LogP contribution is -2.65. The number of ether oxygens (including phenoxy) is 1. The largest absolute Gasteiger partial charge is 0.378 e. The predicted molar refractivity (Wildman–Crippen MR) is 84.9 cm³/mol. The first-order valence-corrected chi connectivity index (χ1v) is 9.49. The van der Waals surface area contributed by atoms with Crippen molar-refractivity contribution in [3.63, 3.8) is 0 Å². The summed E-state index contributed by atoms with van der Waals surface area (Å²) in [6.45, 7) is 5.36. The fourth-order valence-electron chi connectivity index (χ4n) is 4.02. The van der Waals surface area contributed by atoms with Gasteiger partial charge in [0.1, 0.15) is 0 Å². The summed E-state index contributed by atoms with van der Waals surface area (Å²) < 4.78 is 6.02. The van der Waals surface area contributed by atoms with Crippen LogP contribution in [-0.4, -0.2) is 36.8 Å². The number of thioether (sulfide) groups is 1. The Morgan fingerprint density at radius 1 is 1.32 bits per heavy atom. The quantitative estimate of drug-likeness (QED) is 0.768. The van der Waals surface area contributed by atoms with Crippen LogP contribution in [-0.2, 0) is 4.74 Å². The third-order valence-corrected chi connectivity index (χ3v) is 5.82. The van der Waals surface area contributed by atoms with Gasteiger partial charge in [0.15, 0.2) is 0 Å². The molecule has 3 heteroatoms. The normalized spacial score (nSPS) is 31.1. The molecule has 0 aliphatic heterocycles. The van der Waals surface area contributed by atoms with E-state index >= 15 is 0 Å². The van der Waals surface area contributed by atoms with Crippen molar-refractivity contribution in [3.8, 4) is 0 Å². The highest BCUT2D eigenvalue weighted by atomic mass is 32.2. The average Bonchev–Trinajstić information content (AvgIpc) is 2.45. The molecule has 0 aromatic carbocycles. The van der Waals surface area contributed by atoms with E-state index in [1.165, 1.54) is 50.7 Å². The van der Waals surface area contributed by atoms with E-state index in [1.54, 1.807) is 0 Å². The fraction of sp³-hybridized carbons (Fsp3) is 1.00. The van der Waals surface area contributed by atoms with Gasteiger partial charge in [0.2, 0.25) is 0 Å². The molecular formula is C16H31NOS.